The maximum Gasteiger partial charge on any atom is 0.0236 e. The lowest BCUT2D eigenvalue weighted by Gasteiger charge is -2.28. The number of hydrogen-bond acceptors (Lipinski definition) is 2. The number of nitrogens with two attached hydrogens (primary N) is 1. The molecule has 2 aliphatic carbocycles. The topological polar surface area (TPSA) is 38.0 Å². The largest absolute Gasteiger partial charge is 0.271 e. The Hall–Kier alpha value is -0.0800. The maximum atomic E-state index is 5.60. The first-order chi connectivity index (χ1) is 6.70. The summed E-state index contributed by atoms with van der Waals surface area (Å²) in [6.45, 7) is 4.52. The highest BCUT2D eigenvalue weighted by atomic mass is 15.2. The van der Waals surface area contributed by atoms with Crippen LogP contribution in [0.5, 0.6) is 0 Å². The van der Waals surface area contributed by atoms with E-state index in [2.05, 4.69) is 19.3 Å². The van der Waals surface area contributed by atoms with Crippen LogP contribution in [0.1, 0.15) is 46.0 Å². The van der Waals surface area contributed by atoms with Crippen molar-refractivity contribution in [2.45, 2.75) is 52.0 Å². The second-order valence-corrected chi connectivity index (χ2v) is 5.69. The lowest BCUT2D eigenvalue weighted by atomic mass is 9.82. The second kappa shape index (κ2) is 4.19. The summed E-state index contributed by atoms with van der Waals surface area (Å²) in [7, 11) is 0. The molecule has 4 unspecified atom stereocenters. The van der Waals surface area contributed by atoms with Crippen LogP contribution in [0.2, 0.25) is 0 Å². The summed E-state index contributed by atoms with van der Waals surface area (Å²) in [6.07, 6.45) is 7.29. The van der Waals surface area contributed by atoms with Crippen molar-refractivity contribution >= 4 is 0 Å². The molecule has 0 radical (unpaired) electrons. The Bertz CT molecular complexity index is 191. The number of rotatable bonds is 4. The van der Waals surface area contributed by atoms with Crippen molar-refractivity contribution in [3.05, 3.63) is 0 Å². The molecule has 4 atom stereocenters. The Labute approximate surface area is 87.6 Å². The Morgan fingerprint density at radius 3 is 2.50 bits per heavy atom. The third kappa shape index (κ3) is 1.96. The highest BCUT2D eigenvalue weighted by Crippen LogP contribution is 2.50. The van der Waals surface area contributed by atoms with E-state index >= 15 is 0 Å². The molecular weight excluding hydrogens is 172 g/mol. The Morgan fingerprint density at radius 1 is 1.29 bits per heavy atom. The van der Waals surface area contributed by atoms with E-state index in [-0.39, 0.29) is 0 Å². The van der Waals surface area contributed by atoms with Crippen molar-refractivity contribution in [1.29, 1.82) is 0 Å². The van der Waals surface area contributed by atoms with E-state index in [4.69, 9.17) is 5.84 Å². The molecule has 0 aromatic carbocycles. The van der Waals surface area contributed by atoms with Crippen LogP contribution in [-0.4, -0.2) is 6.04 Å². The molecule has 0 amide bonds. The van der Waals surface area contributed by atoms with E-state index in [1.54, 1.807) is 0 Å². The van der Waals surface area contributed by atoms with E-state index < -0.39 is 0 Å². The highest BCUT2D eigenvalue weighted by Gasteiger charge is 2.40. The van der Waals surface area contributed by atoms with Gasteiger partial charge in [-0.25, -0.2) is 0 Å². The Kier molecular flexibility index (Phi) is 3.13. The van der Waals surface area contributed by atoms with Crippen LogP contribution in [0, 0.1) is 23.7 Å². The summed E-state index contributed by atoms with van der Waals surface area (Å²) >= 11 is 0. The van der Waals surface area contributed by atoms with Gasteiger partial charge in [0.2, 0.25) is 0 Å². The first kappa shape index (κ1) is 10.4. The van der Waals surface area contributed by atoms with Gasteiger partial charge in [0, 0.05) is 6.04 Å². The molecule has 0 spiro atoms. The highest BCUT2D eigenvalue weighted by molar-refractivity contribution is 4.91. The standard InChI is InChI=1S/C12H24N2/c1-8(2)12(14-13)7-11-6-9-3-4-10(11)5-9/h8-12,14H,3-7,13H2,1-2H3. The van der Waals surface area contributed by atoms with E-state index in [0.29, 0.717) is 12.0 Å². The zero-order valence-corrected chi connectivity index (χ0v) is 9.50. The van der Waals surface area contributed by atoms with Crippen LogP contribution in [0.4, 0.5) is 0 Å². The molecular formula is C12H24N2. The van der Waals surface area contributed by atoms with Crippen LogP contribution in [0.15, 0.2) is 0 Å². The molecule has 0 saturated heterocycles. The summed E-state index contributed by atoms with van der Waals surface area (Å²) in [5.41, 5.74) is 2.99. The first-order valence-electron chi connectivity index (χ1n) is 6.16. The molecule has 0 aromatic heterocycles. The molecule has 82 valence electrons. The van der Waals surface area contributed by atoms with Crippen molar-refractivity contribution in [3.8, 4) is 0 Å². The third-order valence-electron chi connectivity index (χ3n) is 4.46. The fourth-order valence-corrected chi connectivity index (χ4v) is 3.52. The number of hydrogen-bond donors (Lipinski definition) is 2. The van der Waals surface area contributed by atoms with Gasteiger partial charge >= 0.3 is 0 Å². The molecule has 0 aliphatic heterocycles. The molecule has 2 nitrogen and oxygen atoms in total. The minimum absolute atomic E-state index is 0.527. The first-order valence-corrected chi connectivity index (χ1v) is 6.16. The summed E-state index contributed by atoms with van der Waals surface area (Å²) in [5.74, 6) is 9.34. The van der Waals surface area contributed by atoms with Crippen LogP contribution in [0.25, 0.3) is 0 Å². The molecule has 2 saturated carbocycles. The summed E-state index contributed by atoms with van der Waals surface area (Å²) < 4.78 is 0. The molecule has 0 heterocycles. The monoisotopic (exact) mass is 196 g/mol. The Morgan fingerprint density at radius 2 is 2.07 bits per heavy atom. The van der Waals surface area contributed by atoms with Crippen molar-refractivity contribution in [3.63, 3.8) is 0 Å². The SMILES string of the molecule is CC(C)C(CC1CC2CCC1C2)NN. The quantitative estimate of drug-likeness (QED) is 0.535. The van der Waals surface area contributed by atoms with Crippen molar-refractivity contribution in [2.24, 2.45) is 29.5 Å². The second-order valence-electron chi connectivity index (χ2n) is 5.69. The summed E-state index contributed by atoms with van der Waals surface area (Å²) in [5, 5.41) is 0. The van der Waals surface area contributed by atoms with Crippen molar-refractivity contribution in [1.82, 2.24) is 5.43 Å². The van der Waals surface area contributed by atoms with Crippen molar-refractivity contribution in [2.75, 3.05) is 0 Å². The normalized spacial score (nSPS) is 38.1. The molecule has 2 fully saturated rings. The zero-order chi connectivity index (χ0) is 10.1. The summed E-state index contributed by atoms with van der Waals surface area (Å²) in [6, 6.07) is 0.527. The minimum atomic E-state index is 0.527. The van der Waals surface area contributed by atoms with Crippen LogP contribution in [0.3, 0.4) is 0 Å². The zero-order valence-electron chi connectivity index (χ0n) is 9.50. The number of nitrogens with one attached hydrogen (secondary N) is 1. The smallest absolute Gasteiger partial charge is 0.0236 e. The maximum absolute atomic E-state index is 5.60. The molecule has 2 aliphatic rings. The molecule has 3 N–H and O–H groups in total. The van der Waals surface area contributed by atoms with Gasteiger partial charge in [0.1, 0.15) is 0 Å². The predicted octanol–water partition coefficient (Wildman–Crippen LogP) is 2.30. The Balaban J connectivity index is 1.85. The van der Waals surface area contributed by atoms with Gasteiger partial charge in [-0.05, 0) is 49.4 Å². The van der Waals surface area contributed by atoms with Gasteiger partial charge in [-0.1, -0.05) is 20.3 Å². The van der Waals surface area contributed by atoms with Gasteiger partial charge in [0.25, 0.3) is 0 Å². The van der Waals surface area contributed by atoms with Gasteiger partial charge < -0.3 is 0 Å². The fraction of sp³-hybridized carbons (Fsp3) is 1.00. The average molecular weight is 196 g/mol. The predicted molar refractivity (Wildman–Crippen MR) is 59.5 cm³/mol. The van der Waals surface area contributed by atoms with Crippen molar-refractivity contribution < 1.29 is 0 Å². The third-order valence-corrected chi connectivity index (χ3v) is 4.46. The average Bonchev–Trinajstić information content (AvgIpc) is 2.74. The molecule has 2 bridgehead atoms. The number of fused-ring (bicyclic) bond motifs is 2. The molecule has 2 rings (SSSR count). The molecule has 0 aromatic rings. The van der Waals surface area contributed by atoms with Crippen LogP contribution in [-0.2, 0) is 0 Å². The minimum Gasteiger partial charge on any atom is -0.271 e. The van der Waals surface area contributed by atoms with Gasteiger partial charge in [0.15, 0.2) is 0 Å². The fourth-order valence-electron chi connectivity index (χ4n) is 3.52. The van der Waals surface area contributed by atoms with Gasteiger partial charge in [0.05, 0.1) is 0 Å². The van der Waals surface area contributed by atoms with Gasteiger partial charge in [-0.2, -0.15) is 0 Å². The molecule has 2 heteroatoms. The van der Waals surface area contributed by atoms with Gasteiger partial charge in [-0.15, -0.1) is 0 Å². The van der Waals surface area contributed by atoms with Crippen LogP contribution < -0.4 is 11.3 Å². The van der Waals surface area contributed by atoms with E-state index in [0.717, 1.165) is 17.8 Å². The van der Waals surface area contributed by atoms with Gasteiger partial charge in [-0.3, -0.25) is 11.3 Å². The van der Waals surface area contributed by atoms with E-state index in [1.807, 2.05) is 0 Å². The number of hydrazine groups is 1. The van der Waals surface area contributed by atoms with Crippen LogP contribution >= 0.6 is 0 Å². The molecule has 14 heavy (non-hydrogen) atoms. The van der Waals surface area contributed by atoms with E-state index in [9.17, 15) is 0 Å². The lowest BCUT2D eigenvalue weighted by Crippen LogP contribution is -2.41. The van der Waals surface area contributed by atoms with E-state index in [1.165, 1.54) is 32.1 Å². The lowest BCUT2D eigenvalue weighted by molar-refractivity contribution is 0.250. The summed E-state index contributed by atoms with van der Waals surface area (Å²) in [4.78, 5) is 0.